The van der Waals surface area contributed by atoms with Crippen LogP contribution < -0.4 is 9.80 Å². The van der Waals surface area contributed by atoms with Crippen molar-refractivity contribution in [2.45, 2.75) is 75.0 Å². The Balaban J connectivity index is 0.836. The number of rotatable bonds is 12. The molecule has 84 heavy (non-hydrogen) atoms. The molecule has 0 aliphatic carbocycles. The predicted molar refractivity (Wildman–Crippen MR) is 357 cm³/mol. The van der Waals surface area contributed by atoms with E-state index in [1.54, 1.807) is 0 Å². The lowest BCUT2D eigenvalue weighted by Crippen LogP contribution is -2.33. The van der Waals surface area contributed by atoms with Gasteiger partial charge in [0.15, 0.2) is 11.4 Å². The number of anilines is 2. The van der Waals surface area contributed by atoms with Gasteiger partial charge in [0.05, 0.1) is 10.8 Å². The third-order valence-electron chi connectivity index (χ3n) is 20.0. The van der Waals surface area contributed by atoms with E-state index in [0.717, 1.165) is 25.7 Å². The third-order valence-corrected chi connectivity index (χ3v) is 20.0. The Bertz CT molecular complexity index is 4260. The molecular formula is C80H74N4+2. The maximum Gasteiger partial charge on any atom is 0.210 e. The maximum absolute atomic E-state index is 2.50. The summed E-state index contributed by atoms with van der Waals surface area (Å²) in [5.74, 6) is 0. The molecule has 4 unspecified atom stereocenters. The van der Waals surface area contributed by atoms with E-state index in [-0.39, 0.29) is 21.7 Å². The number of hydrogen-bond acceptors (Lipinski definition) is 2. The fraction of sp³-hybridized carbons (Fsp3) is 0.200. The van der Waals surface area contributed by atoms with E-state index >= 15 is 0 Å². The van der Waals surface area contributed by atoms with Crippen LogP contribution in [0.5, 0.6) is 0 Å². The molecule has 0 saturated carbocycles. The van der Waals surface area contributed by atoms with Gasteiger partial charge in [-0.3, -0.25) is 0 Å². The molecule has 4 heteroatoms. The highest BCUT2D eigenvalue weighted by Gasteiger charge is 2.50. The molecule has 0 spiro atoms. The minimum atomic E-state index is -0.330. The zero-order valence-corrected chi connectivity index (χ0v) is 49.9. The summed E-state index contributed by atoms with van der Waals surface area (Å²) in [5, 5.41) is 10.4. The van der Waals surface area contributed by atoms with E-state index in [1.165, 1.54) is 122 Å². The van der Waals surface area contributed by atoms with Crippen LogP contribution in [0.4, 0.5) is 22.7 Å². The third kappa shape index (κ3) is 8.23. The fourth-order valence-corrected chi connectivity index (χ4v) is 16.1. The fourth-order valence-electron chi connectivity index (χ4n) is 16.1. The molecule has 4 heterocycles. The standard InChI is InChI=1S/C80H74N4/c1-77(69(81(5)65-47-43-57-31-15-19-35-61(57)73(65)77)39-25-41-71-79(3,53-55-27-11-9-12-28-55)75-63-37-21-17-33-59(63)45-49-67(75)83(71)7)51-23-24-52-78(2)70(82(6)66-48-44-58-32-16-20-36-62(58)74(66)78)40-26-42-72-80(4,54-56-29-13-10-14-30-56)76-64-38-22-18-34-60(64)46-50-68(76)84(72)8/h9-50H,51-54H2,1-8H3/q+2. The molecule has 14 rings (SSSR count). The van der Waals surface area contributed by atoms with Crippen molar-refractivity contribution in [1.29, 1.82) is 0 Å². The van der Waals surface area contributed by atoms with Crippen LogP contribution in [0.1, 0.15) is 73.9 Å². The van der Waals surface area contributed by atoms with E-state index in [9.17, 15) is 0 Å². The molecule has 412 valence electrons. The van der Waals surface area contributed by atoms with E-state index in [2.05, 4.69) is 330 Å². The van der Waals surface area contributed by atoms with Gasteiger partial charge >= 0.3 is 0 Å². The second-order valence-corrected chi connectivity index (χ2v) is 25.1. The molecule has 0 amide bonds. The minimum absolute atomic E-state index is 0.263. The molecule has 0 bridgehead atoms. The van der Waals surface area contributed by atoms with Gasteiger partial charge in [-0.15, -0.1) is 0 Å². The molecule has 10 aromatic rings. The number of allylic oxidation sites excluding steroid dienone is 10. The maximum atomic E-state index is 2.50. The molecule has 10 aromatic carbocycles. The van der Waals surface area contributed by atoms with E-state index in [4.69, 9.17) is 0 Å². The van der Waals surface area contributed by atoms with E-state index < -0.39 is 0 Å². The first-order valence-electron chi connectivity index (χ1n) is 30.1. The largest absolute Gasteiger partial charge is 0.347 e. The Kier molecular flexibility index (Phi) is 12.8. The molecule has 0 saturated heterocycles. The summed E-state index contributed by atoms with van der Waals surface area (Å²) in [5.41, 5.74) is 17.4. The highest BCUT2D eigenvalue weighted by atomic mass is 15.2. The Morgan fingerprint density at radius 3 is 1.05 bits per heavy atom. The van der Waals surface area contributed by atoms with Gasteiger partial charge in [0, 0.05) is 83.1 Å². The van der Waals surface area contributed by atoms with Crippen molar-refractivity contribution in [3.8, 4) is 0 Å². The zero-order valence-electron chi connectivity index (χ0n) is 49.9. The van der Waals surface area contributed by atoms with Crippen molar-refractivity contribution in [3.05, 3.63) is 300 Å². The van der Waals surface area contributed by atoms with Gasteiger partial charge in [0.1, 0.15) is 14.1 Å². The Morgan fingerprint density at radius 1 is 0.357 bits per heavy atom. The molecule has 0 aromatic heterocycles. The van der Waals surface area contributed by atoms with E-state index in [1.807, 2.05) is 0 Å². The Morgan fingerprint density at radius 2 is 0.679 bits per heavy atom. The van der Waals surface area contributed by atoms with Crippen molar-refractivity contribution in [1.82, 2.24) is 0 Å². The van der Waals surface area contributed by atoms with Crippen LogP contribution in [-0.2, 0) is 34.5 Å². The second-order valence-electron chi connectivity index (χ2n) is 25.1. The van der Waals surface area contributed by atoms with Crippen LogP contribution >= 0.6 is 0 Å². The normalized spacial score (nSPS) is 22.9. The molecule has 4 nitrogen and oxygen atoms in total. The first-order valence-corrected chi connectivity index (χ1v) is 30.1. The molecule has 4 aliphatic heterocycles. The van der Waals surface area contributed by atoms with Crippen LogP contribution in [0.25, 0.3) is 43.1 Å². The smallest absolute Gasteiger partial charge is 0.210 e. The average molecular weight is 1090 g/mol. The van der Waals surface area contributed by atoms with Gasteiger partial charge in [0.25, 0.3) is 0 Å². The van der Waals surface area contributed by atoms with Gasteiger partial charge in [-0.25, -0.2) is 0 Å². The molecule has 0 radical (unpaired) electrons. The molecular weight excluding hydrogens is 1020 g/mol. The van der Waals surface area contributed by atoms with Crippen LogP contribution in [0, 0.1) is 0 Å². The number of benzene rings is 10. The Hall–Kier alpha value is -9.12. The van der Waals surface area contributed by atoms with E-state index in [0.29, 0.717) is 0 Å². The summed E-state index contributed by atoms with van der Waals surface area (Å²) in [6.07, 6.45) is 22.8. The van der Waals surface area contributed by atoms with Crippen molar-refractivity contribution in [2.75, 3.05) is 38.0 Å². The number of likely N-dealkylation sites (N-methyl/N-ethyl adjacent to an activating group) is 2. The number of fused-ring (bicyclic) bond motifs is 12. The van der Waals surface area contributed by atoms with Crippen LogP contribution in [0.15, 0.2) is 266 Å². The van der Waals surface area contributed by atoms with Crippen LogP contribution in [0.2, 0.25) is 0 Å². The lowest BCUT2D eigenvalue weighted by molar-refractivity contribution is -0.401. The first-order chi connectivity index (χ1) is 40.8. The zero-order chi connectivity index (χ0) is 57.5. The highest BCUT2D eigenvalue weighted by molar-refractivity contribution is 6.10. The lowest BCUT2D eigenvalue weighted by Gasteiger charge is -2.30. The second kappa shape index (κ2) is 20.3. The van der Waals surface area contributed by atoms with Crippen molar-refractivity contribution >= 4 is 77.3 Å². The van der Waals surface area contributed by atoms with Crippen molar-refractivity contribution in [3.63, 3.8) is 0 Å². The molecule has 4 atom stereocenters. The summed E-state index contributed by atoms with van der Waals surface area (Å²) in [4.78, 5) is 4.92. The minimum Gasteiger partial charge on any atom is -0.347 e. The highest BCUT2D eigenvalue weighted by Crippen LogP contribution is 2.55. The van der Waals surface area contributed by atoms with Gasteiger partial charge in [-0.1, -0.05) is 194 Å². The average Bonchev–Trinajstić information content (AvgIpc) is 3.97. The summed E-state index contributed by atoms with van der Waals surface area (Å²) in [6.45, 7) is 9.88. The van der Waals surface area contributed by atoms with Crippen LogP contribution in [-0.4, -0.2) is 48.8 Å². The number of hydrogen-bond donors (Lipinski definition) is 0. The van der Waals surface area contributed by atoms with Gasteiger partial charge in [-0.2, -0.15) is 9.15 Å². The molecule has 4 aliphatic rings. The molecule has 0 fully saturated rings. The first kappa shape index (κ1) is 52.9. The van der Waals surface area contributed by atoms with Gasteiger partial charge in [0.2, 0.25) is 11.4 Å². The Labute approximate surface area is 496 Å². The summed E-state index contributed by atoms with van der Waals surface area (Å²) in [6, 6.07) is 76.4. The van der Waals surface area contributed by atoms with Gasteiger partial charge < -0.3 is 9.80 Å². The number of nitrogens with zero attached hydrogens (tertiary/aromatic N) is 4. The van der Waals surface area contributed by atoms with Crippen molar-refractivity contribution < 1.29 is 9.15 Å². The lowest BCUT2D eigenvalue weighted by atomic mass is 9.72. The summed E-state index contributed by atoms with van der Waals surface area (Å²) in [7, 11) is 9.06. The van der Waals surface area contributed by atoms with Gasteiger partial charge in [-0.05, 0) is 155 Å². The predicted octanol–water partition coefficient (Wildman–Crippen LogP) is 18.5. The molecule has 0 N–H and O–H groups in total. The quantitative estimate of drug-likeness (QED) is 0.0893. The SMILES string of the molecule is CN1C(=CC=CC2=[N+](C)c3ccc4ccccc4c3C2(C)Cc2ccccc2)C(C)(CC=CCC2(C)C(=CC=CC3=[N+](C)c4ccc5ccccc5c4C3(C)Cc3ccccc3)N(C)c3ccc4ccccc4c32)c2c1ccc1ccccc21. The van der Waals surface area contributed by atoms with Crippen LogP contribution in [0.3, 0.4) is 0 Å². The van der Waals surface area contributed by atoms with Crippen molar-refractivity contribution in [2.24, 2.45) is 0 Å². The summed E-state index contributed by atoms with van der Waals surface area (Å²) >= 11 is 0. The summed E-state index contributed by atoms with van der Waals surface area (Å²) < 4.78 is 4.89. The monoisotopic (exact) mass is 1090 g/mol. The topological polar surface area (TPSA) is 12.5 Å².